The lowest BCUT2D eigenvalue weighted by atomic mass is 9.95. The molecule has 1 aliphatic carbocycles. The predicted octanol–water partition coefficient (Wildman–Crippen LogP) is 2.97. The third-order valence-electron chi connectivity index (χ3n) is 5.56. The minimum atomic E-state index is -3.88. The van der Waals surface area contributed by atoms with Crippen molar-refractivity contribution >= 4 is 27.5 Å². The fourth-order valence-electron chi connectivity index (χ4n) is 3.95. The number of carbonyl (C=O) groups is 1. The SMILES string of the molecule is COc1ccc(S(=O)(=O)N(CC(=O)NC[C@H]2CCCO2)C2CCCCC2)cc1Cl. The summed E-state index contributed by atoms with van der Waals surface area (Å²) in [5, 5.41) is 3.05. The third-order valence-corrected chi connectivity index (χ3v) is 7.75. The molecule has 2 aliphatic rings. The van der Waals surface area contributed by atoms with E-state index in [-0.39, 0.29) is 34.5 Å². The van der Waals surface area contributed by atoms with E-state index in [9.17, 15) is 13.2 Å². The zero-order valence-corrected chi connectivity index (χ0v) is 18.3. The average Bonchev–Trinajstić information content (AvgIpc) is 3.24. The van der Waals surface area contributed by atoms with Crippen LogP contribution in [0, 0.1) is 0 Å². The van der Waals surface area contributed by atoms with Crippen molar-refractivity contribution in [3.63, 3.8) is 0 Å². The van der Waals surface area contributed by atoms with E-state index in [0.29, 0.717) is 18.9 Å². The van der Waals surface area contributed by atoms with Crippen LogP contribution in [0.25, 0.3) is 0 Å². The molecule has 162 valence electrons. The second-order valence-corrected chi connectivity index (χ2v) is 9.88. The molecule has 1 aromatic carbocycles. The number of methoxy groups -OCH3 is 1. The molecule has 29 heavy (non-hydrogen) atoms. The molecule has 0 spiro atoms. The first-order valence-electron chi connectivity index (χ1n) is 10.2. The minimum Gasteiger partial charge on any atom is -0.495 e. The number of benzene rings is 1. The molecular formula is C20H29ClN2O5S. The molecule has 9 heteroatoms. The van der Waals surface area contributed by atoms with Gasteiger partial charge in [0.05, 0.1) is 29.7 Å². The molecule has 7 nitrogen and oxygen atoms in total. The van der Waals surface area contributed by atoms with Gasteiger partial charge < -0.3 is 14.8 Å². The van der Waals surface area contributed by atoms with Gasteiger partial charge in [0.25, 0.3) is 0 Å². The Hall–Kier alpha value is -1.35. The van der Waals surface area contributed by atoms with E-state index in [1.54, 1.807) is 0 Å². The summed E-state index contributed by atoms with van der Waals surface area (Å²) in [5.41, 5.74) is 0. The topological polar surface area (TPSA) is 84.9 Å². The number of hydrogen-bond acceptors (Lipinski definition) is 5. The summed E-state index contributed by atoms with van der Waals surface area (Å²) in [4.78, 5) is 12.6. The number of halogens is 1. The first-order valence-corrected chi connectivity index (χ1v) is 12.0. The summed E-state index contributed by atoms with van der Waals surface area (Å²) in [6.07, 6.45) is 6.42. The summed E-state index contributed by atoms with van der Waals surface area (Å²) in [5.74, 6) is 0.0957. The van der Waals surface area contributed by atoms with Gasteiger partial charge in [-0.2, -0.15) is 4.31 Å². The van der Waals surface area contributed by atoms with E-state index in [1.165, 1.54) is 29.6 Å². The van der Waals surface area contributed by atoms with Crippen LogP contribution in [0.1, 0.15) is 44.9 Å². The van der Waals surface area contributed by atoms with Crippen molar-refractivity contribution in [2.24, 2.45) is 0 Å². The number of amides is 1. The van der Waals surface area contributed by atoms with Crippen LogP contribution in [0.3, 0.4) is 0 Å². The number of nitrogens with one attached hydrogen (secondary N) is 1. The van der Waals surface area contributed by atoms with Gasteiger partial charge in [-0.15, -0.1) is 0 Å². The number of ether oxygens (including phenoxy) is 2. The van der Waals surface area contributed by atoms with E-state index in [0.717, 1.165) is 44.9 Å². The fourth-order valence-corrected chi connectivity index (χ4v) is 5.94. The number of carbonyl (C=O) groups excluding carboxylic acids is 1. The highest BCUT2D eigenvalue weighted by Gasteiger charge is 2.34. The van der Waals surface area contributed by atoms with Crippen molar-refractivity contribution in [1.82, 2.24) is 9.62 Å². The van der Waals surface area contributed by atoms with Gasteiger partial charge in [0.1, 0.15) is 5.75 Å². The van der Waals surface area contributed by atoms with Crippen LogP contribution >= 0.6 is 11.6 Å². The van der Waals surface area contributed by atoms with Crippen LogP contribution in [0.4, 0.5) is 0 Å². The molecule has 1 aliphatic heterocycles. The second kappa shape index (κ2) is 10.1. The maximum absolute atomic E-state index is 13.4. The highest BCUT2D eigenvalue weighted by atomic mass is 35.5. The largest absolute Gasteiger partial charge is 0.495 e. The zero-order valence-electron chi connectivity index (χ0n) is 16.7. The molecule has 3 rings (SSSR count). The Balaban J connectivity index is 1.78. The number of sulfonamides is 1. The van der Waals surface area contributed by atoms with Gasteiger partial charge in [0.15, 0.2) is 0 Å². The molecule has 2 fully saturated rings. The van der Waals surface area contributed by atoms with Gasteiger partial charge in [-0.25, -0.2) is 8.42 Å². The van der Waals surface area contributed by atoms with Gasteiger partial charge in [-0.3, -0.25) is 4.79 Å². The van der Waals surface area contributed by atoms with Crippen LogP contribution < -0.4 is 10.1 Å². The Morgan fingerprint density at radius 2 is 2.00 bits per heavy atom. The molecule has 1 atom stereocenters. The van der Waals surface area contributed by atoms with Crippen molar-refractivity contribution < 1.29 is 22.7 Å². The quantitative estimate of drug-likeness (QED) is 0.666. The van der Waals surface area contributed by atoms with Crippen molar-refractivity contribution in [1.29, 1.82) is 0 Å². The lowest BCUT2D eigenvalue weighted by molar-refractivity contribution is -0.122. The molecule has 1 amide bonds. The molecular weight excluding hydrogens is 416 g/mol. The highest BCUT2D eigenvalue weighted by molar-refractivity contribution is 7.89. The fraction of sp³-hybridized carbons (Fsp3) is 0.650. The van der Waals surface area contributed by atoms with E-state index < -0.39 is 10.0 Å². The molecule has 0 unspecified atom stereocenters. The Labute approximate surface area is 177 Å². The minimum absolute atomic E-state index is 0.0130. The second-order valence-electron chi connectivity index (χ2n) is 7.58. The van der Waals surface area contributed by atoms with Crippen LogP contribution in [0.15, 0.2) is 23.1 Å². The van der Waals surface area contributed by atoms with Gasteiger partial charge in [-0.05, 0) is 43.9 Å². The van der Waals surface area contributed by atoms with Crippen LogP contribution in [-0.4, -0.2) is 57.6 Å². The first kappa shape index (κ1) is 22.3. The van der Waals surface area contributed by atoms with Crippen molar-refractivity contribution in [2.45, 2.75) is 62.0 Å². The van der Waals surface area contributed by atoms with Gasteiger partial charge in [0.2, 0.25) is 15.9 Å². The Morgan fingerprint density at radius 3 is 2.62 bits per heavy atom. The zero-order chi connectivity index (χ0) is 20.9. The normalized spacial score (nSPS) is 20.7. The molecule has 0 aromatic heterocycles. The number of rotatable bonds is 8. The van der Waals surface area contributed by atoms with E-state index in [2.05, 4.69) is 5.32 Å². The summed E-state index contributed by atoms with van der Waals surface area (Å²) in [7, 11) is -2.41. The highest BCUT2D eigenvalue weighted by Crippen LogP contribution is 2.31. The van der Waals surface area contributed by atoms with E-state index in [1.807, 2.05) is 0 Å². The monoisotopic (exact) mass is 444 g/mol. The van der Waals surface area contributed by atoms with E-state index in [4.69, 9.17) is 21.1 Å². The predicted molar refractivity (Wildman–Crippen MR) is 111 cm³/mol. The van der Waals surface area contributed by atoms with Crippen molar-refractivity contribution in [3.8, 4) is 5.75 Å². The smallest absolute Gasteiger partial charge is 0.243 e. The molecule has 1 saturated carbocycles. The Morgan fingerprint density at radius 1 is 1.24 bits per heavy atom. The first-order chi connectivity index (χ1) is 13.9. The van der Waals surface area contributed by atoms with E-state index >= 15 is 0 Å². The van der Waals surface area contributed by atoms with Gasteiger partial charge in [-0.1, -0.05) is 30.9 Å². The summed E-state index contributed by atoms with van der Waals surface area (Å²) >= 11 is 6.15. The third kappa shape index (κ3) is 5.63. The summed E-state index contributed by atoms with van der Waals surface area (Å²) < 4.78 is 38.8. The number of nitrogens with zero attached hydrogens (tertiary/aromatic N) is 1. The molecule has 1 N–H and O–H groups in total. The lowest BCUT2D eigenvalue weighted by Gasteiger charge is -2.33. The Kier molecular flexibility index (Phi) is 7.79. The van der Waals surface area contributed by atoms with Crippen molar-refractivity contribution in [2.75, 3.05) is 26.8 Å². The maximum Gasteiger partial charge on any atom is 0.243 e. The standard InChI is InChI=1S/C20H29ClN2O5S/c1-27-19-10-9-17(12-18(19)21)29(25,26)23(15-6-3-2-4-7-15)14-20(24)22-13-16-8-5-11-28-16/h9-10,12,15-16H,2-8,11,13-14H2,1H3,(H,22,24)/t16-/m1/s1. The maximum atomic E-state index is 13.4. The van der Waals surface area contributed by atoms with Gasteiger partial charge in [0, 0.05) is 19.2 Å². The molecule has 1 aromatic rings. The average molecular weight is 445 g/mol. The van der Waals surface area contributed by atoms with Crippen LogP contribution in [-0.2, 0) is 19.6 Å². The molecule has 0 bridgehead atoms. The van der Waals surface area contributed by atoms with Crippen LogP contribution in [0.2, 0.25) is 5.02 Å². The summed E-state index contributed by atoms with van der Waals surface area (Å²) in [6, 6.07) is 4.20. The van der Waals surface area contributed by atoms with Crippen LogP contribution in [0.5, 0.6) is 5.75 Å². The van der Waals surface area contributed by atoms with Gasteiger partial charge >= 0.3 is 0 Å². The van der Waals surface area contributed by atoms with Crippen molar-refractivity contribution in [3.05, 3.63) is 23.2 Å². The molecule has 1 saturated heterocycles. The Bertz CT molecular complexity index is 805. The number of hydrogen-bond donors (Lipinski definition) is 1. The summed E-state index contributed by atoms with van der Waals surface area (Å²) in [6.45, 7) is 0.913. The molecule has 1 heterocycles. The lowest BCUT2D eigenvalue weighted by Crippen LogP contribution is -2.47. The molecule has 0 radical (unpaired) electrons.